The van der Waals surface area contributed by atoms with Gasteiger partial charge >= 0.3 is 0 Å². The van der Waals surface area contributed by atoms with Gasteiger partial charge in [0, 0.05) is 29.0 Å². The van der Waals surface area contributed by atoms with Gasteiger partial charge in [-0.2, -0.15) is 4.98 Å². The summed E-state index contributed by atoms with van der Waals surface area (Å²) < 4.78 is 14.1. The molecule has 0 aliphatic carbocycles. The summed E-state index contributed by atoms with van der Waals surface area (Å²) >= 11 is 1.44. The lowest BCUT2D eigenvalue weighted by molar-refractivity contribution is 0.102. The Morgan fingerprint density at radius 2 is 1.96 bits per heavy atom. The van der Waals surface area contributed by atoms with Crippen molar-refractivity contribution < 1.29 is 9.18 Å². The largest absolute Gasteiger partial charge is 0.349 e. The number of halogens is 1. The lowest BCUT2D eigenvalue weighted by Gasteiger charge is -2.18. The Labute approximate surface area is 154 Å². The van der Waals surface area contributed by atoms with Crippen LogP contribution >= 0.6 is 11.3 Å². The second-order valence-corrected chi connectivity index (χ2v) is 6.66. The molecular weight excluding hydrogens is 353 g/mol. The number of aromatic nitrogens is 1. The maximum Gasteiger partial charge on any atom is 0.281 e. The zero-order chi connectivity index (χ0) is 18.7. The first kappa shape index (κ1) is 18.0. The minimum atomic E-state index is -0.479. The predicted octanol–water partition coefficient (Wildman–Crippen LogP) is 3.89. The number of hydrogen-bond donors (Lipinski definition) is 1. The second-order valence-electron chi connectivity index (χ2n) is 5.65. The van der Waals surface area contributed by atoms with Gasteiger partial charge in [-0.1, -0.05) is 17.4 Å². The van der Waals surface area contributed by atoms with Crippen molar-refractivity contribution in [3.05, 3.63) is 64.2 Å². The first-order chi connectivity index (χ1) is 12.5. The van der Waals surface area contributed by atoms with Crippen LogP contribution < -0.4 is 15.8 Å². The number of nitrogens with zero attached hydrogens (tertiary/aromatic N) is 2. The molecule has 5 nitrogen and oxygen atoms in total. The topological polar surface area (TPSA) is 62.3 Å². The molecule has 0 aliphatic heterocycles. The molecule has 1 aromatic heterocycles. The van der Waals surface area contributed by atoms with Crippen molar-refractivity contribution in [2.24, 2.45) is 0 Å². The Kier molecular flexibility index (Phi) is 5.27. The summed E-state index contributed by atoms with van der Waals surface area (Å²) in [5, 5.41) is 3.82. The maximum atomic E-state index is 13.3. The zero-order valence-corrected chi connectivity index (χ0v) is 15.3. The van der Waals surface area contributed by atoms with Gasteiger partial charge in [-0.15, -0.1) is 0 Å². The van der Waals surface area contributed by atoms with Crippen molar-refractivity contribution in [2.45, 2.75) is 13.8 Å². The third-order valence-electron chi connectivity index (χ3n) is 3.99. The molecule has 0 saturated carbocycles. The van der Waals surface area contributed by atoms with E-state index < -0.39 is 11.7 Å². The van der Waals surface area contributed by atoms with Crippen molar-refractivity contribution in [3.8, 4) is 0 Å². The van der Waals surface area contributed by atoms with Crippen LogP contribution in [-0.2, 0) is 0 Å². The molecule has 0 radical (unpaired) electrons. The summed E-state index contributed by atoms with van der Waals surface area (Å²) in [5.41, 5.74) is 0.348. The van der Waals surface area contributed by atoms with Gasteiger partial charge in [0.25, 0.3) is 11.5 Å². The van der Waals surface area contributed by atoms with E-state index in [9.17, 15) is 14.0 Å². The van der Waals surface area contributed by atoms with Crippen molar-refractivity contribution in [1.29, 1.82) is 0 Å². The number of rotatable bonds is 5. The van der Waals surface area contributed by atoms with E-state index >= 15 is 0 Å². The molecule has 1 amide bonds. The van der Waals surface area contributed by atoms with E-state index in [1.807, 2.05) is 18.7 Å². The lowest BCUT2D eigenvalue weighted by Crippen LogP contribution is -2.24. The van der Waals surface area contributed by atoms with Gasteiger partial charge in [0.1, 0.15) is 5.82 Å². The van der Waals surface area contributed by atoms with E-state index in [4.69, 9.17) is 0 Å². The number of anilines is 2. The summed E-state index contributed by atoms with van der Waals surface area (Å²) in [4.78, 5) is 30.8. The minimum Gasteiger partial charge on any atom is -0.349 e. The Balaban J connectivity index is 1.92. The molecule has 1 N–H and O–H groups in total. The van der Waals surface area contributed by atoms with Crippen LogP contribution in [0.2, 0.25) is 0 Å². The number of nitrogens with one attached hydrogen (secondary N) is 1. The zero-order valence-electron chi connectivity index (χ0n) is 14.5. The summed E-state index contributed by atoms with van der Waals surface area (Å²) in [6, 6.07) is 10.6. The van der Waals surface area contributed by atoms with Gasteiger partial charge in [-0.25, -0.2) is 4.39 Å². The molecule has 0 aliphatic rings. The third-order valence-corrected chi connectivity index (χ3v) is 5.10. The molecule has 3 rings (SSSR count). The molecule has 0 bridgehead atoms. The molecule has 0 unspecified atom stereocenters. The lowest BCUT2D eigenvalue weighted by atomic mass is 10.2. The van der Waals surface area contributed by atoms with Crippen LogP contribution in [0.4, 0.5) is 15.2 Å². The van der Waals surface area contributed by atoms with Crippen LogP contribution in [0.3, 0.4) is 0 Å². The molecular formula is C19H18FN3O2S. The first-order valence-electron chi connectivity index (χ1n) is 8.28. The van der Waals surface area contributed by atoms with Gasteiger partial charge < -0.3 is 10.2 Å². The SMILES string of the molecule is CCN(CC)c1nc(=O)c2cc(NC(=O)c3cccc(F)c3)ccc2s1. The number of hydrogen-bond acceptors (Lipinski definition) is 5. The number of benzene rings is 2. The molecule has 134 valence electrons. The van der Waals surface area contributed by atoms with E-state index in [0.717, 1.165) is 23.9 Å². The van der Waals surface area contributed by atoms with E-state index in [1.54, 1.807) is 18.2 Å². The Morgan fingerprint density at radius 1 is 1.19 bits per heavy atom. The van der Waals surface area contributed by atoms with E-state index in [1.165, 1.54) is 29.5 Å². The van der Waals surface area contributed by atoms with Crippen molar-refractivity contribution in [3.63, 3.8) is 0 Å². The average molecular weight is 371 g/mol. The summed E-state index contributed by atoms with van der Waals surface area (Å²) in [7, 11) is 0. The van der Waals surface area contributed by atoms with Crippen LogP contribution in [0.15, 0.2) is 47.3 Å². The molecule has 0 atom stereocenters. The highest BCUT2D eigenvalue weighted by molar-refractivity contribution is 7.21. The van der Waals surface area contributed by atoms with E-state index in [0.29, 0.717) is 16.2 Å². The van der Waals surface area contributed by atoms with Crippen LogP contribution in [0.25, 0.3) is 10.1 Å². The highest BCUT2D eigenvalue weighted by Gasteiger charge is 2.12. The number of fused-ring (bicyclic) bond motifs is 1. The van der Waals surface area contributed by atoms with Crippen molar-refractivity contribution in [2.75, 3.05) is 23.3 Å². The summed E-state index contributed by atoms with van der Waals surface area (Å²) in [6.45, 7) is 5.56. The monoisotopic (exact) mass is 371 g/mol. The Morgan fingerprint density at radius 3 is 2.65 bits per heavy atom. The normalized spacial score (nSPS) is 10.7. The first-order valence-corrected chi connectivity index (χ1v) is 9.10. The minimum absolute atomic E-state index is 0.213. The molecule has 3 aromatic rings. The highest BCUT2D eigenvalue weighted by Crippen LogP contribution is 2.26. The molecule has 0 spiro atoms. The molecule has 7 heteroatoms. The fourth-order valence-corrected chi connectivity index (χ4v) is 3.70. The maximum absolute atomic E-state index is 13.3. The van der Waals surface area contributed by atoms with Gasteiger partial charge in [0.05, 0.1) is 5.39 Å². The summed E-state index contributed by atoms with van der Waals surface area (Å²) in [5.74, 6) is -0.916. The fraction of sp³-hybridized carbons (Fsp3) is 0.211. The van der Waals surface area contributed by atoms with Crippen molar-refractivity contribution >= 4 is 38.1 Å². The predicted molar refractivity (Wildman–Crippen MR) is 104 cm³/mol. The Hall–Kier alpha value is -2.80. The smallest absolute Gasteiger partial charge is 0.281 e. The molecule has 26 heavy (non-hydrogen) atoms. The standard InChI is InChI=1S/C19H18FN3O2S/c1-3-23(4-2)19-22-18(25)15-11-14(8-9-16(15)26-19)21-17(24)12-6-5-7-13(20)10-12/h5-11H,3-4H2,1-2H3,(H,21,24). The average Bonchev–Trinajstić information content (AvgIpc) is 2.63. The van der Waals surface area contributed by atoms with Gasteiger partial charge in [-0.05, 0) is 50.2 Å². The van der Waals surface area contributed by atoms with E-state index in [-0.39, 0.29) is 11.1 Å². The van der Waals surface area contributed by atoms with Gasteiger partial charge in [0.15, 0.2) is 5.13 Å². The van der Waals surface area contributed by atoms with Crippen LogP contribution in [0.1, 0.15) is 24.2 Å². The van der Waals surface area contributed by atoms with E-state index in [2.05, 4.69) is 10.3 Å². The molecule has 1 heterocycles. The number of carbonyl (C=O) groups is 1. The second kappa shape index (κ2) is 7.61. The van der Waals surface area contributed by atoms with Crippen LogP contribution in [-0.4, -0.2) is 24.0 Å². The third kappa shape index (κ3) is 3.72. The Bertz CT molecular complexity index is 1020. The van der Waals surface area contributed by atoms with Crippen LogP contribution in [0.5, 0.6) is 0 Å². The van der Waals surface area contributed by atoms with Gasteiger partial charge in [-0.3, -0.25) is 9.59 Å². The number of carbonyl (C=O) groups excluding carboxylic acids is 1. The molecule has 0 saturated heterocycles. The van der Waals surface area contributed by atoms with Gasteiger partial charge in [0.2, 0.25) is 0 Å². The quantitative estimate of drug-likeness (QED) is 0.739. The molecule has 2 aromatic carbocycles. The summed E-state index contributed by atoms with van der Waals surface area (Å²) in [6.07, 6.45) is 0. The van der Waals surface area contributed by atoms with Crippen molar-refractivity contribution in [1.82, 2.24) is 4.98 Å². The number of amides is 1. The highest BCUT2D eigenvalue weighted by atomic mass is 32.1. The fourth-order valence-electron chi connectivity index (χ4n) is 2.59. The van der Waals surface area contributed by atoms with Crippen LogP contribution in [0, 0.1) is 5.82 Å². The molecule has 0 fully saturated rings.